The number of rotatable bonds is 1. The van der Waals surface area contributed by atoms with Gasteiger partial charge in [-0.1, -0.05) is 0 Å². The third kappa shape index (κ3) is 0.891. The minimum atomic E-state index is -0.614. The van der Waals surface area contributed by atoms with Crippen molar-refractivity contribution in [1.29, 1.82) is 0 Å². The summed E-state index contributed by atoms with van der Waals surface area (Å²) in [6.07, 6.45) is 3.07. The van der Waals surface area contributed by atoms with Crippen LogP contribution in [0.5, 0.6) is 0 Å². The van der Waals surface area contributed by atoms with Gasteiger partial charge < -0.3 is 5.11 Å². The van der Waals surface area contributed by atoms with Gasteiger partial charge in [-0.3, -0.25) is 9.69 Å². The summed E-state index contributed by atoms with van der Waals surface area (Å²) >= 11 is 0. The van der Waals surface area contributed by atoms with E-state index in [4.69, 9.17) is 5.11 Å². The zero-order chi connectivity index (χ0) is 8.77. The summed E-state index contributed by atoms with van der Waals surface area (Å²) < 4.78 is 0. The quantitative estimate of drug-likeness (QED) is 0.635. The highest BCUT2D eigenvalue weighted by Crippen LogP contribution is 2.42. The van der Waals surface area contributed by atoms with Gasteiger partial charge in [-0.15, -0.1) is 0 Å². The maximum absolute atomic E-state index is 11.0. The Bertz CT molecular complexity index is 217. The van der Waals surface area contributed by atoms with Crippen molar-refractivity contribution in [3.05, 3.63) is 0 Å². The minimum absolute atomic E-state index is 0.315. The van der Waals surface area contributed by atoms with Crippen LogP contribution in [0.25, 0.3) is 0 Å². The Labute approximate surface area is 72.4 Å². The average molecular weight is 169 g/mol. The normalized spacial score (nSPS) is 41.6. The van der Waals surface area contributed by atoms with E-state index in [0.29, 0.717) is 6.04 Å². The lowest BCUT2D eigenvalue weighted by atomic mass is 9.81. The lowest BCUT2D eigenvalue weighted by molar-refractivity contribution is -0.149. The molecule has 0 aliphatic carbocycles. The van der Waals surface area contributed by atoms with Gasteiger partial charge in [0.1, 0.15) is 0 Å². The molecule has 2 heterocycles. The van der Waals surface area contributed by atoms with Crippen LogP contribution in [-0.2, 0) is 4.79 Å². The Kier molecular flexibility index (Phi) is 1.65. The van der Waals surface area contributed by atoms with Crippen LogP contribution in [0.2, 0.25) is 0 Å². The molecule has 3 nitrogen and oxygen atoms in total. The molecule has 3 heteroatoms. The molecule has 2 rings (SSSR count). The molecule has 2 atom stereocenters. The van der Waals surface area contributed by atoms with E-state index >= 15 is 0 Å². The van der Waals surface area contributed by atoms with Crippen molar-refractivity contribution in [3.63, 3.8) is 0 Å². The third-order valence-electron chi connectivity index (χ3n) is 3.51. The fraction of sp³-hybridized carbons (Fsp3) is 0.889. The first-order valence-electron chi connectivity index (χ1n) is 4.62. The molecule has 2 aliphatic heterocycles. The maximum atomic E-state index is 11.0. The third-order valence-corrected chi connectivity index (χ3v) is 3.51. The van der Waals surface area contributed by atoms with E-state index in [1.54, 1.807) is 0 Å². The van der Waals surface area contributed by atoms with Gasteiger partial charge in [0.05, 0.1) is 5.41 Å². The van der Waals surface area contributed by atoms with Crippen molar-refractivity contribution < 1.29 is 9.90 Å². The molecule has 0 saturated carbocycles. The Morgan fingerprint density at radius 1 is 1.58 bits per heavy atom. The predicted molar refractivity (Wildman–Crippen MR) is 45.0 cm³/mol. The van der Waals surface area contributed by atoms with Crippen LogP contribution < -0.4 is 0 Å². The summed E-state index contributed by atoms with van der Waals surface area (Å²) in [6.45, 7) is 3.98. The number of hydrogen-bond donors (Lipinski definition) is 1. The van der Waals surface area contributed by atoms with Gasteiger partial charge in [0.15, 0.2) is 0 Å². The second-order valence-corrected chi connectivity index (χ2v) is 4.17. The molecule has 1 N–H and O–H groups in total. The Morgan fingerprint density at radius 3 is 3.00 bits per heavy atom. The molecule has 0 radical (unpaired) electrons. The molecule has 0 spiro atoms. The lowest BCUT2D eigenvalue weighted by Gasteiger charge is -2.26. The molecule has 2 aliphatic rings. The van der Waals surface area contributed by atoms with Crippen LogP contribution in [0.15, 0.2) is 0 Å². The molecule has 0 bridgehead atoms. The van der Waals surface area contributed by atoms with Crippen molar-refractivity contribution >= 4 is 5.97 Å². The van der Waals surface area contributed by atoms with E-state index in [0.717, 1.165) is 25.9 Å². The van der Waals surface area contributed by atoms with Crippen molar-refractivity contribution in [2.75, 3.05) is 13.1 Å². The average Bonchev–Trinajstić information content (AvgIpc) is 2.54. The fourth-order valence-corrected chi connectivity index (χ4v) is 2.61. The first-order valence-corrected chi connectivity index (χ1v) is 4.62. The van der Waals surface area contributed by atoms with Crippen molar-refractivity contribution in [3.8, 4) is 0 Å². The first kappa shape index (κ1) is 8.05. The van der Waals surface area contributed by atoms with Gasteiger partial charge in [0.25, 0.3) is 0 Å². The number of carbonyl (C=O) groups is 1. The van der Waals surface area contributed by atoms with E-state index in [1.165, 1.54) is 6.42 Å². The topological polar surface area (TPSA) is 40.5 Å². The van der Waals surface area contributed by atoms with Crippen LogP contribution in [0.3, 0.4) is 0 Å². The van der Waals surface area contributed by atoms with E-state index in [9.17, 15) is 4.79 Å². The van der Waals surface area contributed by atoms with E-state index in [1.807, 2.05) is 6.92 Å². The summed E-state index contributed by atoms with van der Waals surface area (Å²) in [6, 6.07) is 0.315. The van der Waals surface area contributed by atoms with Gasteiger partial charge in [-0.2, -0.15) is 0 Å². The second-order valence-electron chi connectivity index (χ2n) is 4.17. The first-order chi connectivity index (χ1) is 5.64. The lowest BCUT2D eigenvalue weighted by Crippen LogP contribution is -2.38. The van der Waals surface area contributed by atoms with E-state index < -0.39 is 11.4 Å². The smallest absolute Gasteiger partial charge is 0.310 e. The molecular formula is C9H15NO2. The summed E-state index contributed by atoms with van der Waals surface area (Å²) in [5.74, 6) is -0.614. The number of carboxylic acids is 1. The Morgan fingerprint density at radius 2 is 2.33 bits per heavy atom. The van der Waals surface area contributed by atoms with Crippen molar-refractivity contribution in [1.82, 2.24) is 4.90 Å². The molecule has 2 saturated heterocycles. The summed E-state index contributed by atoms with van der Waals surface area (Å²) in [7, 11) is 0. The van der Waals surface area contributed by atoms with Crippen LogP contribution in [0.4, 0.5) is 0 Å². The van der Waals surface area contributed by atoms with Crippen molar-refractivity contribution in [2.24, 2.45) is 5.41 Å². The number of aliphatic carboxylic acids is 1. The zero-order valence-corrected chi connectivity index (χ0v) is 7.42. The van der Waals surface area contributed by atoms with E-state index in [2.05, 4.69) is 4.90 Å². The van der Waals surface area contributed by atoms with Crippen LogP contribution >= 0.6 is 0 Å². The SMILES string of the molecule is CC1(C(=O)O)CCN2CCCC21. The Balaban J connectivity index is 2.22. The monoisotopic (exact) mass is 169 g/mol. The summed E-state index contributed by atoms with van der Waals surface area (Å²) in [5.41, 5.74) is -0.462. The molecular weight excluding hydrogens is 154 g/mol. The predicted octanol–water partition coefficient (Wildman–Crippen LogP) is 0.945. The zero-order valence-electron chi connectivity index (χ0n) is 7.42. The molecule has 68 valence electrons. The summed E-state index contributed by atoms with van der Waals surface area (Å²) in [4.78, 5) is 13.4. The molecule has 12 heavy (non-hydrogen) atoms. The minimum Gasteiger partial charge on any atom is -0.481 e. The van der Waals surface area contributed by atoms with Gasteiger partial charge in [0, 0.05) is 6.04 Å². The molecule has 0 aromatic heterocycles. The number of nitrogens with zero attached hydrogens (tertiary/aromatic N) is 1. The number of fused-ring (bicyclic) bond motifs is 1. The molecule has 0 amide bonds. The maximum Gasteiger partial charge on any atom is 0.310 e. The van der Waals surface area contributed by atoms with Gasteiger partial charge in [0.2, 0.25) is 0 Å². The number of hydrogen-bond acceptors (Lipinski definition) is 2. The number of carboxylic acid groups (broad SMARTS) is 1. The molecule has 2 fully saturated rings. The van der Waals surface area contributed by atoms with Gasteiger partial charge in [-0.05, 0) is 39.3 Å². The van der Waals surface area contributed by atoms with Gasteiger partial charge in [-0.25, -0.2) is 0 Å². The Hall–Kier alpha value is -0.570. The molecule has 0 aromatic carbocycles. The highest BCUT2D eigenvalue weighted by Gasteiger charge is 2.50. The fourth-order valence-electron chi connectivity index (χ4n) is 2.61. The highest BCUT2D eigenvalue weighted by atomic mass is 16.4. The van der Waals surface area contributed by atoms with Crippen molar-refractivity contribution in [2.45, 2.75) is 32.2 Å². The van der Waals surface area contributed by atoms with Crippen LogP contribution in [-0.4, -0.2) is 35.1 Å². The summed E-state index contributed by atoms with van der Waals surface area (Å²) in [5, 5.41) is 9.09. The van der Waals surface area contributed by atoms with E-state index in [-0.39, 0.29) is 0 Å². The molecule has 2 unspecified atom stereocenters. The standard InChI is InChI=1S/C9H15NO2/c1-9(8(11)12)4-6-10-5-2-3-7(9)10/h7H,2-6H2,1H3,(H,11,12). The van der Waals surface area contributed by atoms with Crippen LogP contribution in [0.1, 0.15) is 26.2 Å². The second kappa shape index (κ2) is 2.46. The van der Waals surface area contributed by atoms with Gasteiger partial charge >= 0.3 is 5.97 Å². The van der Waals surface area contributed by atoms with Crippen LogP contribution in [0, 0.1) is 5.41 Å². The highest BCUT2D eigenvalue weighted by molar-refractivity contribution is 5.75. The largest absolute Gasteiger partial charge is 0.481 e. The molecule has 0 aromatic rings.